The number of para-hydroxylation sites is 1. The average Bonchev–Trinajstić information content (AvgIpc) is 3.48. The largest absolute Gasteiger partial charge is 0.463 e. The minimum Gasteiger partial charge on any atom is -0.463 e. The van der Waals surface area contributed by atoms with Crippen LogP contribution in [-0.2, 0) is 0 Å². The quantitative estimate of drug-likeness (QED) is 0.395. The fourth-order valence-electron chi connectivity index (χ4n) is 3.14. The van der Waals surface area contributed by atoms with Gasteiger partial charge in [-0.3, -0.25) is 9.55 Å². The van der Waals surface area contributed by atoms with Gasteiger partial charge < -0.3 is 4.42 Å². The van der Waals surface area contributed by atoms with E-state index in [1.54, 1.807) is 23.8 Å². The van der Waals surface area contributed by atoms with Crippen LogP contribution in [0, 0.1) is 0 Å². The summed E-state index contributed by atoms with van der Waals surface area (Å²) in [6, 6.07) is 24.1. The number of pyridine rings is 1. The van der Waals surface area contributed by atoms with Gasteiger partial charge in [0.15, 0.2) is 11.6 Å². The average molecular weight is 369 g/mol. The summed E-state index contributed by atoms with van der Waals surface area (Å²) in [5.74, 6) is 1.53. The molecular formula is C22H15N3OS. The first kappa shape index (κ1) is 15.8. The van der Waals surface area contributed by atoms with Gasteiger partial charge in [0.2, 0.25) is 0 Å². The fraction of sp³-hybridized carbons (Fsp3) is 0. The van der Waals surface area contributed by atoms with Crippen LogP contribution in [0.1, 0.15) is 0 Å². The highest BCUT2D eigenvalue weighted by Gasteiger charge is 2.24. The first-order chi connectivity index (χ1) is 13.4. The zero-order chi connectivity index (χ0) is 18.1. The smallest absolute Gasteiger partial charge is 0.164 e. The van der Waals surface area contributed by atoms with Crippen LogP contribution in [0.25, 0.3) is 39.2 Å². The standard InChI is InChI=1S/C22H15N3OS/c1-2-8-16(9-3-1)25-21(19-12-7-15-27-19)20(18-11-6-14-26-18)24-22(25)17-10-4-5-13-23-17/h1-15H. The normalized spacial score (nSPS) is 11.0. The van der Waals surface area contributed by atoms with Crippen LogP contribution in [0.4, 0.5) is 0 Å². The van der Waals surface area contributed by atoms with Crippen molar-refractivity contribution >= 4 is 11.3 Å². The lowest BCUT2D eigenvalue weighted by molar-refractivity contribution is 0.580. The number of furan rings is 1. The van der Waals surface area contributed by atoms with E-state index in [-0.39, 0.29) is 0 Å². The lowest BCUT2D eigenvalue weighted by Crippen LogP contribution is -2.00. The van der Waals surface area contributed by atoms with Crippen molar-refractivity contribution < 1.29 is 4.42 Å². The summed E-state index contributed by atoms with van der Waals surface area (Å²) >= 11 is 1.68. The molecule has 0 unspecified atom stereocenters. The maximum absolute atomic E-state index is 5.71. The van der Waals surface area contributed by atoms with Gasteiger partial charge in [0.05, 0.1) is 16.8 Å². The van der Waals surface area contributed by atoms with Gasteiger partial charge in [-0.15, -0.1) is 11.3 Å². The van der Waals surface area contributed by atoms with E-state index in [1.165, 1.54) is 0 Å². The molecule has 0 atom stereocenters. The first-order valence-corrected chi connectivity index (χ1v) is 9.47. The van der Waals surface area contributed by atoms with Crippen molar-refractivity contribution in [1.29, 1.82) is 0 Å². The van der Waals surface area contributed by atoms with Gasteiger partial charge in [-0.1, -0.05) is 30.3 Å². The van der Waals surface area contributed by atoms with Crippen LogP contribution in [0.15, 0.2) is 95.1 Å². The summed E-state index contributed by atoms with van der Waals surface area (Å²) in [4.78, 5) is 10.6. The molecule has 0 radical (unpaired) electrons. The van der Waals surface area contributed by atoms with E-state index in [9.17, 15) is 0 Å². The van der Waals surface area contributed by atoms with Gasteiger partial charge in [0.1, 0.15) is 11.4 Å². The van der Waals surface area contributed by atoms with Crippen LogP contribution in [0.2, 0.25) is 0 Å². The monoisotopic (exact) mass is 369 g/mol. The van der Waals surface area contributed by atoms with Crippen molar-refractivity contribution in [2.75, 3.05) is 0 Å². The van der Waals surface area contributed by atoms with Crippen LogP contribution in [-0.4, -0.2) is 14.5 Å². The summed E-state index contributed by atoms with van der Waals surface area (Å²) in [5, 5.41) is 2.07. The summed E-state index contributed by atoms with van der Waals surface area (Å²) in [6.45, 7) is 0. The molecule has 0 saturated carbocycles. The Bertz CT molecular complexity index is 1150. The third-order valence-electron chi connectivity index (χ3n) is 4.29. The minimum atomic E-state index is 0.741. The Morgan fingerprint density at radius 2 is 1.74 bits per heavy atom. The van der Waals surface area contributed by atoms with Gasteiger partial charge in [-0.2, -0.15) is 0 Å². The number of aromatic nitrogens is 3. The van der Waals surface area contributed by atoms with Gasteiger partial charge in [0.25, 0.3) is 0 Å². The lowest BCUT2D eigenvalue weighted by atomic mass is 10.2. The zero-order valence-corrected chi connectivity index (χ0v) is 15.1. The Labute approximate surface area is 160 Å². The van der Waals surface area contributed by atoms with Gasteiger partial charge in [0, 0.05) is 11.9 Å². The van der Waals surface area contributed by atoms with E-state index in [0.29, 0.717) is 0 Å². The molecule has 0 aliphatic carbocycles. The van der Waals surface area contributed by atoms with Crippen LogP contribution in [0.3, 0.4) is 0 Å². The maximum atomic E-state index is 5.71. The topological polar surface area (TPSA) is 43.9 Å². The van der Waals surface area contributed by atoms with Crippen LogP contribution >= 0.6 is 11.3 Å². The molecule has 0 spiro atoms. The summed E-state index contributed by atoms with van der Waals surface area (Å²) in [6.07, 6.45) is 3.46. The van der Waals surface area contributed by atoms with Gasteiger partial charge >= 0.3 is 0 Å². The number of benzene rings is 1. The lowest BCUT2D eigenvalue weighted by Gasteiger charge is -2.11. The molecule has 4 nitrogen and oxygen atoms in total. The first-order valence-electron chi connectivity index (χ1n) is 8.59. The van der Waals surface area contributed by atoms with Crippen molar-refractivity contribution in [3.8, 4) is 39.2 Å². The van der Waals surface area contributed by atoms with E-state index in [2.05, 4.69) is 39.2 Å². The predicted molar refractivity (Wildman–Crippen MR) is 108 cm³/mol. The second-order valence-corrected chi connectivity index (χ2v) is 6.92. The molecular weight excluding hydrogens is 354 g/mol. The molecule has 0 amide bonds. The SMILES string of the molecule is c1ccc(-n2c(-c3ccccn3)nc(-c3ccco3)c2-c2cccs2)cc1. The minimum absolute atomic E-state index is 0.741. The van der Waals surface area contributed by atoms with E-state index >= 15 is 0 Å². The molecule has 0 aliphatic rings. The number of nitrogens with zero attached hydrogens (tertiary/aromatic N) is 3. The Morgan fingerprint density at radius 3 is 2.44 bits per heavy atom. The molecule has 0 fully saturated rings. The summed E-state index contributed by atoms with van der Waals surface area (Å²) < 4.78 is 7.87. The van der Waals surface area contributed by atoms with E-state index in [4.69, 9.17) is 9.40 Å². The zero-order valence-electron chi connectivity index (χ0n) is 14.3. The fourth-order valence-corrected chi connectivity index (χ4v) is 3.90. The van der Waals surface area contributed by atoms with Gasteiger partial charge in [-0.05, 0) is 47.8 Å². The molecule has 5 rings (SSSR count). The molecule has 4 aromatic heterocycles. The third kappa shape index (κ3) is 2.78. The number of hydrogen-bond donors (Lipinski definition) is 0. The van der Waals surface area contributed by atoms with Crippen LogP contribution in [0.5, 0.6) is 0 Å². The number of imidazole rings is 1. The predicted octanol–water partition coefficient (Wildman–Crippen LogP) is 5.92. The maximum Gasteiger partial charge on any atom is 0.164 e. The molecule has 1 aromatic carbocycles. The van der Waals surface area contributed by atoms with Crippen molar-refractivity contribution in [1.82, 2.24) is 14.5 Å². The molecule has 0 N–H and O–H groups in total. The number of hydrogen-bond acceptors (Lipinski definition) is 4. The molecule has 0 bridgehead atoms. The highest BCUT2D eigenvalue weighted by molar-refractivity contribution is 7.13. The Morgan fingerprint density at radius 1 is 0.852 bits per heavy atom. The van der Waals surface area contributed by atoms with Crippen molar-refractivity contribution in [2.45, 2.75) is 0 Å². The molecule has 27 heavy (non-hydrogen) atoms. The molecule has 130 valence electrons. The highest BCUT2D eigenvalue weighted by Crippen LogP contribution is 2.39. The summed E-state index contributed by atoms with van der Waals surface area (Å²) in [7, 11) is 0. The van der Waals surface area contributed by atoms with E-state index < -0.39 is 0 Å². The molecule has 0 aliphatic heterocycles. The number of thiophene rings is 1. The van der Waals surface area contributed by atoms with Gasteiger partial charge in [-0.25, -0.2) is 4.98 Å². The highest BCUT2D eigenvalue weighted by atomic mass is 32.1. The Hall–Kier alpha value is -3.44. The summed E-state index contributed by atoms with van der Waals surface area (Å²) in [5.41, 5.74) is 3.67. The van der Waals surface area contributed by atoms with Crippen molar-refractivity contribution in [2.24, 2.45) is 0 Å². The second kappa shape index (κ2) is 6.70. The van der Waals surface area contributed by atoms with Crippen molar-refractivity contribution in [3.63, 3.8) is 0 Å². The number of rotatable bonds is 4. The molecule has 5 heteroatoms. The molecule has 0 saturated heterocycles. The Kier molecular flexibility index (Phi) is 3.92. The molecule has 5 aromatic rings. The second-order valence-electron chi connectivity index (χ2n) is 5.97. The Balaban J connectivity index is 1.88. The third-order valence-corrected chi connectivity index (χ3v) is 5.17. The molecule has 4 heterocycles. The van der Waals surface area contributed by atoms with Crippen LogP contribution < -0.4 is 0 Å². The van der Waals surface area contributed by atoms with E-state index in [0.717, 1.165) is 39.2 Å². The van der Waals surface area contributed by atoms with Crippen molar-refractivity contribution in [3.05, 3.63) is 90.6 Å². The van der Waals surface area contributed by atoms with E-state index in [1.807, 2.05) is 48.5 Å².